The molecule has 0 aliphatic rings. The molecule has 0 bridgehead atoms. The SMILES string of the molecule is N#Cc1c(Cl)ccc(Cl)c1C#N. The van der Waals surface area contributed by atoms with Crippen LogP contribution in [-0.2, 0) is 0 Å². The van der Waals surface area contributed by atoms with Crippen molar-refractivity contribution in [2.75, 3.05) is 0 Å². The Bertz CT molecular complexity index is 360. The Morgan fingerprint density at radius 3 is 1.50 bits per heavy atom. The maximum Gasteiger partial charge on any atom is 0.102 e. The zero-order valence-corrected chi connectivity index (χ0v) is 7.32. The molecule has 0 atom stereocenters. The average Bonchev–Trinajstić information content (AvgIpc) is 2.08. The van der Waals surface area contributed by atoms with Crippen LogP contribution in [0.5, 0.6) is 0 Å². The summed E-state index contributed by atoms with van der Waals surface area (Å²) in [6, 6.07) is 6.61. The summed E-state index contributed by atoms with van der Waals surface area (Å²) in [6.45, 7) is 0. The minimum Gasteiger partial charge on any atom is -0.192 e. The van der Waals surface area contributed by atoms with Crippen LogP contribution in [0, 0.1) is 22.7 Å². The van der Waals surface area contributed by atoms with Crippen molar-refractivity contribution in [2.24, 2.45) is 0 Å². The molecule has 2 nitrogen and oxygen atoms in total. The van der Waals surface area contributed by atoms with Gasteiger partial charge in [-0.2, -0.15) is 10.5 Å². The predicted molar refractivity (Wildman–Crippen MR) is 45.9 cm³/mol. The van der Waals surface area contributed by atoms with Crippen LogP contribution in [0.2, 0.25) is 10.0 Å². The Morgan fingerprint density at radius 2 is 1.25 bits per heavy atom. The van der Waals surface area contributed by atoms with Crippen LogP contribution < -0.4 is 0 Å². The number of halogens is 2. The average molecular weight is 197 g/mol. The molecule has 0 unspecified atom stereocenters. The molecule has 0 spiro atoms. The van der Waals surface area contributed by atoms with E-state index >= 15 is 0 Å². The lowest BCUT2D eigenvalue weighted by molar-refractivity contribution is 1.43. The van der Waals surface area contributed by atoms with Gasteiger partial charge in [-0.05, 0) is 12.1 Å². The van der Waals surface area contributed by atoms with E-state index in [1.165, 1.54) is 12.1 Å². The van der Waals surface area contributed by atoms with Gasteiger partial charge in [-0.15, -0.1) is 0 Å². The fourth-order valence-corrected chi connectivity index (χ4v) is 1.17. The Kier molecular flexibility index (Phi) is 2.55. The lowest BCUT2D eigenvalue weighted by atomic mass is 10.1. The summed E-state index contributed by atoms with van der Waals surface area (Å²) < 4.78 is 0. The smallest absolute Gasteiger partial charge is 0.102 e. The second-order valence-electron chi connectivity index (χ2n) is 2.00. The van der Waals surface area contributed by atoms with E-state index in [-0.39, 0.29) is 21.2 Å². The zero-order chi connectivity index (χ0) is 9.14. The van der Waals surface area contributed by atoms with Gasteiger partial charge in [0, 0.05) is 0 Å². The lowest BCUT2D eigenvalue weighted by Crippen LogP contribution is -1.85. The van der Waals surface area contributed by atoms with Gasteiger partial charge in [0.05, 0.1) is 21.2 Å². The molecule has 0 heterocycles. The highest BCUT2D eigenvalue weighted by atomic mass is 35.5. The van der Waals surface area contributed by atoms with Crippen molar-refractivity contribution in [3.63, 3.8) is 0 Å². The van der Waals surface area contributed by atoms with E-state index in [0.717, 1.165) is 0 Å². The normalized spacial score (nSPS) is 8.67. The lowest BCUT2D eigenvalue weighted by Gasteiger charge is -1.98. The van der Waals surface area contributed by atoms with Crippen LogP contribution in [0.25, 0.3) is 0 Å². The maximum atomic E-state index is 8.61. The highest BCUT2D eigenvalue weighted by Gasteiger charge is 2.09. The number of hydrogen-bond acceptors (Lipinski definition) is 2. The van der Waals surface area contributed by atoms with Crippen LogP contribution in [0.15, 0.2) is 12.1 Å². The topological polar surface area (TPSA) is 47.6 Å². The van der Waals surface area contributed by atoms with Gasteiger partial charge in [-0.1, -0.05) is 23.2 Å². The first-order chi connectivity index (χ1) is 5.70. The van der Waals surface area contributed by atoms with Crippen molar-refractivity contribution < 1.29 is 0 Å². The van der Waals surface area contributed by atoms with Crippen molar-refractivity contribution in [3.05, 3.63) is 33.3 Å². The van der Waals surface area contributed by atoms with E-state index < -0.39 is 0 Å². The second kappa shape index (κ2) is 3.45. The highest BCUT2D eigenvalue weighted by molar-refractivity contribution is 6.34. The number of benzene rings is 1. The number of rotatable bonds is 0. The summed E-state index contributed by atoms with van der Waals surface area (Å²) in [5, 5.41) is 17.7. The van der Waals surface area contributed by atoms with Gasteiger partial charge < -0.3 is 0 Å². The zero-order valence-electron chi connectivity index (χ0n) is 5.81. The summed E-state index contributed by atoms with van der Waals surface area (Å²) in [5.74, 6) is 0. The quantitative estimate of drug-likeness (QED) is 0.641. The summed E-state index contributed by atoms with van der Waals surface area (Å²) in [5.41, 5.74) is 0.262. The molecule has 0 saturated heterocycles. The minimum absolute atomic E-state index is 0.131. The predicted octanol–water partition coefficient (Wildman–Crippen LogP) is 2.74. The first-order valence-electron chi connectivity index (χ1n) is 2.99. The molecule has 0 fully saturated rings. The molecule has 1 aromatic carbocycles. The van der Waals surface area contributed by atoms with Gasteiger partial charge in [0.1, 0.15) is 12.1 Å². The van der Waals surface area contributed by atoms with Crippen LogP contribution in [0.1, 0.15) is 11.1 Å². The summed E-state index contributed by atoms with van der Waals surface area (Å²) in [4.78, 5) is 0. The Hall–Kier alpha value is -1.22. The molecule has 0 saturated carbocycles. The number of nitriles is 2. The van der Waals surface area contributed by atoms with Crippen LogP contribution in [0.3, 0.4) is 0 Å². The van der Waals surface area contributed by atoms with Crippen LogP contribution in [-0.4, -0.2) is 0 Å². The molecule has 0 aliphatic heterocycles. The molecule has 0 N–H and O–H groups in total. The third-order valence-corrected chi connectivity index (χ3v) is 1.96. The van der Waals surface area contributed by atoms with Gasteiger partial charge in [-0.3, -0.25) is 0 Å². The standard InChI is InChI=1S/C8H2Cl2N2/c9-7-1-2-8(10)6(4-12)5(7)3-11/h1-2H. The van der Waals surface area contributed by atoms with Gasteiger partial charge in [0.15, 0.2) is 0 Å². The highest BCUT2D eigenvalue weighted by Crippen LogP contribution is 2.25. The van der Waals surface area contributed by atoms with E-state index in [9.17, 15) is 0 Å². The van der Waals surface area contributed by atoms with E-state index in [2.05, 4.69) is 0 Å². The second-order valence-corrected chi connectivity index (χ2v) is 2.82. The van der Waals surface area contributed by atoms with Crippen molar-refractivity contribution >= 4 is 23.2 Å². The van der Waals surface area contributed by atoms with E-state index in [4.69, 9.17) is 33.7 Å². The maximum absolute atomic E-state index is 8.61. The Labute approximate surface area is 79.6 Å². The minimum atomic E-state index is 0.131. The van der Waals surface area contributed by atoms with Crippen molar-refractivity contribution in [1.29, 1.82) is 10.5 Å². The van der Waals surface area contributed by atoms with Crippen molar-refractivity contribution in [1.82, 2.24) is 0 Å². The third-order valence-electron chi connectivity index (χ3n) is 1.33. The van der Waals surface area contributed by atoms with Gasteiger partial charge in [0.25, 0.3) is 0 Å². The fraction of sp³-hybridized carbons (Fsp3) is 0. The van der Waals surface area contributed by atoms with E-state index in [0.29, 0.717) is 0 Å². The summed E-state index contributed by atoms with van der Waals surface area (Å²) in [7, 11) is 0. The van der Waals surface area contributed by atoms with Crippen LogP contribution in [0.4, 0.5) is 0 Å². The van der Waals surface area contributed by atoms with Crippen molar-refractivity contribution in [3.8, 4) is 12.1 Å². The largest absolute Gasteiger partial charge is 0.192 e. The fourth-order valence-electron chi connectivity index (χ4n) is 0.770. The molecule has 0 aliphatic carbocycles. The molecule has 0 aromatic heterocycles. The molecule has 1 aromatic rings. The Morgan fingerprint density at radius 1 is 0.917 bits per heavy atom. The molecule has 0 radical (unpaired) electrons. The Balaban J connectivity index is 3.55. The monoisotopic (exact) mass is 196 g/mol. The van der Waals surface area contributed by atoms with E-state index in [1.807, 2.05) is 12.1 Å². The molecule has 12 heavy (non-hydrogen) atoms. The molecule has 1 rings (SSSR count). The number of nitrogens with zero attached hydrogens (tertiary/aromatic N) is 2. The molecular weight excluding hydrogens is 195 g/mol. The third kappa shape index (κ3) is 1.36. The van der Waals surface area contributed by atoms with Gasteiger partial charge in [-0.25, -0.2) is 0 Å². The molecule has 4 heteroatoms. The molecule has 58 valence electrons. The van der Waals surface area contributed by atoms with Crippen LogP contribution >= 0.6 is 23.2 Å². The van der Waals surface area contributed by atoms with Gasteiger partial charge in [0.2, 0.25) is 0 Å². The molecular formula is C8H2Cl2N2. The summed E-state index contributed by atoms with van der Waals surface area (Å²) >= 11 is 11.3. The van der Waals surface area contributed by atoms with E-state index in [1.54, 1.807) is 0 Å². The summed E-state index contributed by atoms with van der Waals surface area (Å²) in [6.07, 6.45) is 0. The number of hydrogen-bond donors (Lipinski definition) is 0. The van der Waals surface area contributed by atoms with Gasteiger partial charge >= 0.3 is 0 Å². The first-order valence-corrected chi connectivity index (χ1v) is 3.74. The molecule has 0 amide bonds. The van der Waals surface area contributed by atoms with Crippen molar-refractivity contribution in [2.45, 2.75) is 0 Å². The first kappa shape index (κ1) is 8.87.